The SMILES string of the molecule is Clc1ccc(OCc2cccc(-c3ccco3)c2)cc1. The van der Waals surface area contributed by atoms with Crippen LogP contribution in [-0.4, -0.2) is 0 Å². The standard InChI is InChI=1S/C17H13ClO2/c18-15-6-8-16(9-7-15)20-12-13-3-1-4-14(11-13)17-5-2-10-19-17/h1-11H,12H2. The van der Waals surface area contributed by atoms with Gasteiger partial charge in [-0.05, 0) is 48.0 Å². The molecule has 2 nitrogen and oxygen atoms in total. The van der Waals surface area contributed by atoms with Crippen molar-refractivity contribution >= 4 is 11.6 Å². The first-order valence-electron chi connectivity index (χ1n) is 6.32. The Balaban J connectivity index is 1.72. The number of hydrogen-bond acceptors (Lipinski definition) is 2. The van der Waals surface area contributed by atoms with E-state index >= 15 is 0 Å². The number of furan rings is 1. The zero-order chi connectivity index (χ0) is 13.8. The average Bonchev–Trinajstić information content (AvgIpc) is 3.01. The first kappa shape index (κ1) is 12.8. The molecule has 0 fully saturated rings. The second-order valence-electron chi connectivity index (χ2n) is 4.42. The highest BCUT2D eigenvalue weighted by Crippen LogP contribution is 2.22. The lowest BCUT2D eigenvalue weighted by Gasteiger charge is -2.07. The fourth-order valence-corrected chi connectivity index (χ4v) is 2.08. The smallest absolute Gasteiger partial charge is 0.133 e. The van der Waals surface area contributed by atoms with E-state index in [-0.39, 0.29) is 0 Å². The normalized spacial score (nSPS) is 10.4. The van der Waals surface area contributed by atoms with Gasteiger partial charge < -0.3 is 9.15 Å². The quantitative estimate of drug-likeness (QED) is 0.659. The van der Waals surface area contributed by atoms with Gasteiger partial charge in [-0.3, -0.25) is 0 Å². The Morgan fingerprint density at radius 3 is 2.55 bits per heavy atom. The summed E-state index contributed by atoms with van der Waals surface area (Å²) >= 11 is 5.84. The number of halogens is 1. The molecule has 0 radical (unpaired) electrons. The summed E-state index contributed by atoms with van der Waals surface area (Å²) in [4.78, 5) is 0. The fourth-order valence-electron chi connectivity index (χ4n) is 1.95. The van der Waals surface area contributed by atoms with Gasteiger partial charge in [0.1, 0.15) is 18.1 Å². The molecule has 0 aliphatic carbocycles. The largest absolute Gasteiger partial charge is 0.489 e. The predicted molar refractivity (Wildman–Crippen MR) is 79.9 cm³/mol. The van der Waals surface area contributed by atoms with Crippen molar-refractivity contribution in [2.75, 3.05) is 0 Å². The van der Waals surface area contributed by atoms with Gasteiger partial charge in [0.15, 0.2) is 0 Å². The van der Waals surface area contributed by atoms with Crippen LogP contribution in [0, 0.1) is 0 Å². The molecule has 0 saturated carbocycles. The molecule has 0 N–H and O–H groups in total. The van der Waals surface area contributed by atoms with Crippen LogP contribution in [0.2, 0.25) is 5.02 Å². The second-order valence-corrected chi connectivity index (χ2v) is 4.86. The van der Waals surface area contributed by atoms with Crippen molar-refractivity contribution in [3.05, 3.63) is 77.5 Å². The average molecular weight is 285 g/mol. The Hall–Kier alpha value is -2.19. The van der Waals surface area contributed by atoms with Crippen molar-refractivity contribution in [2.45, 2.75) is 6.61 Å². The van der Waals surface area contributed by atoms with E-state index < -0.39 is 0 Å². The van der Waals surface area contributed by atoms with Crippen molar-refractivity contribution in [3.63, 3.8) is 0 Å². The van der Waals surface area contributed by atoms with Gasteiger partial charge in [0.25, 0.3) is 0 Å². The summed E-state index contributed by atoms with van der Waals surface area (Å²) in [6, 6.07) is 19.3. The highest BCUT2D eigenvalue weighted by atomic mass is 35.5. The van der Waals surface area contributed by atoms with E-state index in [1.54, 1.807) is 6.26 Å². The minimum absolute atomic E-state index is 0.510. The van der Waals surface area contributed by atoms with E-state index in [0.717, 1.165) is 22.6 Å². The predicted octanol–water partition coefficient (Wildman–Crippen LogP) is 5.18. The summed E-state index contributed by atoms with van der Waals surface area (Å²) in [5.41, 5.74) is 2.14. The van der Waals surface area contributed by atoms with Crippen LogP contribution in [0.4, 0.5) is 0 Å². The highest BCUT2D eigenvalue weighted by molar-refractivity contribution is 6.30. The third kappa shape index (κ3) is 3.03. The Labute approximate surface area is 122 Å². The van der Waals surface area contributed by atoms with E-state index in [1.165, 1.54) is 0 Å². The molecule has 0 saturated heterocycles. The van der Waals surface area contributed by atoms with Crippen molar-refractivity contribution in [1.82, 2.24) is 0 Å². The maximum atomic E-state index is 5.84. The molecule has 20 heavy (non-hydrogen) atoms. The van der Waals surface area contributed by atoms with Gasteiger partial charge in [-0.25, -0.2) is 0 Å². The Morgan fingerprint density at radius 2 is 1.80 bits per heavy atom. The summed E-state index contributed by atoms with van der Waals surface area (Å²) in [6.07, 6.45) is 1.67. The van der Waals surface area contributed by atoms with Crippen molar-refractivity contribution < 1.29 is 9.15 Å². The summed E-state index contributed by atoms with van der Waals surface area (Å²) < 4.78 is 11.1. The topological polar surface area (TPSA) is 22.4 Å². The molecule has 3 heteroatoms. The van der Waals surface area contributed by atoms with Gasteiger partial charge in [0, 0.05) is 10.6 Å². The molecule has 100 valence electrons. The number of rotatable bonds is 4. The second kappa shape index (κ2) is 5.85. The van der Waals surface area contributed by atoms with Crippen LogP contribution in [0.1, 0.15) is 5.56 Å². The highest BCUT2D eigenvalue weighted by Gasteiger charge is 2.02. The van der Waals surface area contributed by atoms with Gasteiger partial charge in [0.2, 0.25) is 0 Å². The molecule has 1 aromatic heterocycles. The molecule has 0 bridgehead atoms. The minimum atomic E-state index is 0.510. The molecule has 0 unspecified atom stereocenters. The van der Waals surface area contributed by atoms with Crippen molar-refractivity contribution in [1.29, 1.82) is 0 Å². The number of benzene rings is 2. The maximum absolute atomic E-state index is 5.84. The van der Waals surface area contributed by atoms with E-state index in [4.69, 9.17) is 20.8 Å². The Bertz CT molecular complexity index is 672. The first-order chi connectivity index (χ1) is 9.81. The molecule has 3 aromatic rings. The van der Waals surface area contributed by atoms with Crippen molar-refractivity contribution in [2.24, 2.45) is 0 Å². The molecule has 0 spiro atoms. The summed E-state index contributed by atoms with van der Waals surface area (Å²) in [5.74, 6) is 1.66. The van der Waals surface area contributed by atoms with E-state index in [1.807, 2.05) is 54.6 Å². The monoisotopic (exact) mass is 284 g/mol. The lowest BCUT2D eigenvalue weighted by molar-refractivity contribution is 0.306. The molecular formula is C17H13ClO2. The van der Waals surface area contributed by atoms with Gasteiger partial charge >= 0.3 is 0 Å². The Kier molecular flexibility index (Phi) is 3.75. The molecule has 0 aliphatic rings. The van der Waals surface area contributed by atoms with E-state index in [2.05, 4.69) is 6.07 Å². The molecule has 0 aliphatic heterocycles. The molecule has 3 rings (SSSR count). The summed E-state index contributed by atoms with van der Waals surface area (Å²) in [5, 5.41) is 0.706. The van der Waals surface area contributed by atoms with Crippen LogP contribution >= 0.6 is 11.6 Å². The zero-order valence-electron chi connectivity index (χ0n) is 10.8. The van der Waals surface area contributed by atoms with E-state index in [0.29, 0.717) is 11.6 Å². The van der Waals surface area contributed by atoms with Gasteiger partial charge in [-0.15, -0.1) is 0 Å². The lowest BCUT2D eigenvalue weighted by Crippen LogP contribution is -1.95. The first-order valence-corrected chi connectivity index (χ1v) is 6.70. The zero-order valence-corrected chi connectivity index (χ0v) is 11.5. The fraction of sp³-hybridized carbons (Fsp3) is 0.0588. The molecular weight excluding hydrogens is 272 g/mol. The molecule has 0 amide bonds. The van der Waals surface area contributed by atoms with Crippen LogP contribution < -0.4 is 4.74 Å². The third-order valence-electron chi connectivity index (χ3n) is 2.95. The van der Waals surface area contributed by atoms with Gasteiger partial charge in [0.05, 0.1) is 6.26 Å². The van der Waals surface area contributed by atoms with Crippen LogP contribution in [0.5, 0.6) is 5.75 Å². The summed E-state index contributed by atoms with van der Waals surface area (Å²) in [6.45, 7) is 0.510. The van der Waals surface area contributed by atoms with Crippen molar-refractivity contribution in [3.8, 4) is 17.1 Å². The Morgan fingerprint density at radius 1 is 0.950 bits per heavy atom. The minimum Gasteiger partial charge on any atom is -0.489 e. The summed E-state index contributed by atoms with van der Waals surface area (Å²) in [7, 11) is 0. The molecule has 1 heterocycles. The van der Waals surface area contributed by atoms with E-state index in [9.17, 15) is 0 Å². The van der Waals surface area contributed by atoms with Crippen LogP contribution in [0.3, 0.4) is 0 Å². The van der Waals surface area contributed by atoms with Gasteiger partial charge in [-0.2, -0.15) is 0 Å². The van der Waals surface area contributed by atoms with Crippen LogP contribution in [0.25, 0.3) is 11.3 Å². The molecule has 2 aromatic carbocycles. The lowest BCUT2D eigenvalue weighted by atomic mass is 10.1. The number of hydrogen-bond donors (Lipinski definition) is 0. The third-order valence-corrected chi connectivity index (χ3v) is 3.20. The number of ether oxygens (including phenoxy) is 1. The van der Waals surface area contributed by atoms with Crippen LogP contribution in [-0.2, 0) is 6.61 Å². The molecule has 0 atom stereocenters. The van der Waals surface area contributed by atoms with Crippen LogP contribution in [0.15, 0.2) is 71.3 Å². The van der Waals surface area contributed by atoms with Gasteiger partial charge in [-0.1, -0.05) is 29.8 Å². The maximum Gasteiger partial charge on any atom is 0.133 e.